The number of anilines is 2. The number of ether oxygens (including phenoxy) is 1. The number of amides is 2. The molecule has 8 nitrogen and oxygen atoms in total. The van der Waals surface area contributed by atoms with Crippen LogP contribution in [0.5, 0.6) is 5.75 Å². The number of aromatic nitrogens is 2. The van der Waals surface area contributed by atoms with Gasteiger partial charge in [0.05, 0.1) is 11.7 Å². The van der Waals surface area contributed by atoms with Crippen LogP contribution < -0.4 is 14.5 Å². The summed E-state index contributed by atoms with van der Waals surface area (Å²) in [5, 5.41) is 9.26. The van der Waals surface area contributed by atoms with E-state index in [-0.39, 0.29) is 35.4 Å². The molecular weight excluding hydrogens is 375 g/mol. The van der Waals surface area contributed by atoms with E-state index in [2.05, 4.69) is 14.9 Å². The maximum atomic E-state index is 13.9. The summed E-state index contributed by atoms with van der Waals surface area (Å²) >= 11 is 0. The van der Waals surface area contributed by atoms with Gasteiger partial charge < -0.3 is 14.5 Å². The first-order valence-corrected chi connectivity index (χ1v) is 9.47. The second-order valence-corrected chi connectivity index (χ2v) is 7.96. The predicted octanol–water partition coefficient (Wildman–Crippen LogP) is 2.02. The Morgan fingerprint density at radius 2 is 2.00 bits per heavy atom. The van der Waals surface area contributed by atoms with Crippen molar-refractivity contribution in [2.45, 2.75) is 13.0 Å². The monoisotopic (exact) mass is 394 g/mol. The first-order chi connectivity index (χ1) is 14.0. The topological polar surface area (TPSA) is 85.6 Å². The Labute approximate surface area is 167 Å². The largest absolute Gasteiger partial charge is 0.488 e. The van der Waals surface area contributed by atoms with E-state index in [9.17, 15) is 14.4 Å². The van der Waals surface area contributed by atoms with Crippen molar-refractivity contribution in [3.63, 3.8) is 0 Å². The molecule has 148 valence electrons. The van der Waals surface area contributed by atoms with Crippen molar-refractivity contribution in [3.8, 4) is 11.8 Å². The molecule has 0 bridgehead atoms. The highest BCUT2D eigenvalue weighted by molar-refractivity contribution is 5.96. The highest BCUT2D eigenvalue weighted by Gasteiger charge is 2.55. The van der Waals surface area contributed by atoms with Gasteiger partial charge in [-0.25, -0.2) is 19.2 Å². The molecule has 2 fully saturated rings. The van der Waals surface area contributed by atoms with Gasteiger partial charge in [-0.05, 0) is 25.1 Å². The quantitative estimate of drug-likeness (QED) is 0.736. The van der Waals surface area contributed by atoms with E-state index in [1.165, 1.54) is 12.1 Å². The molecule has 2 amide bonds. The Morgan fingerprint density at radius 1 is 1.28 bits per heavy atom. The Morgan fingerprint density at radius 3 is 2.69 bits per heavy atom. The van der Waals surface area contributed by atoms with Crippen LogP contribution >= 0.6 is 0 Å². The van der Waals surface area contributed by atoms with Crippen LogP contribution in [0.4, 0.5) is 20.8 Å². The molecule has 9 heteroatoms. The number of carbonyl (C=O) groups is 1. The molecule has 1 spiro atoms. The van der Waals surface area contributed by atoms with Gasteiger partial charge in [0.25, 0.3) is 0 Å². The molecule has 1 aromatic carbocycles. The van der Waals surface area contributed by atoms with Crippen LogP contribution in [0.15, 0.2) is 30.6 Å². The molecule has 4 heterocycles. The van der Waals surface area contributed by atoms with E-state index in [1.807, 2.05) is 13.0 Å². The lowest BCUT2D eigenvalue weighted by Crippen LogP contribution is -2.74. The van der Waals surface area contributed by atoms with Gasteiger partial charge in [0, 0.05) is 44.0 Å². The molecule has 1 aromatic heterocycles. The van der Waals surface area contributed by atoms with Crippen molar-refractivity contribution in [2.75, 3.05) is 42.6 Å². The minimum atomic E-state index is -0.645. The van der Waals surface area contributed by atoms with Gasteiger partial charge in [0.1, 0.15) is 24.1 Å². The molecule has 0 aliphatic carbocycles. The van der Waals surface area contributed by atoms with Crippen molar-refractivity contribution < 1.29 is 13.9 Å². The van der Waals surface area contributed by atoms with Crippen molar-refractivity contribution in [3.05, 3.63) is 42.0 Å². The van der Waals surface area contributed by atoms with E-state index in [4.69, 9.17) is 4.74 Å². The lowest BCUT2D eigenvalue weighted by Gasteiger charge is -2.60. The lowest BCUT2D eigenvalue weighted by molar-refractivity contribution is 0.00814. The fraction of sp³-hybridized carbons (Fsp3) is 0.400. The van der Waals surface area contributed by atoms with E-state index in [0.29, 0.717) is 24.7 Å². The Kier molecular flexibility index (Phi) is 3.84. The zero-order chi connectivity index (χ0) is 20.2. The smallest absolute Gasteiger partial charge is 0.325 e. The highest BCUT2D eigenvalue weighted by Crippen LogP contribution is 2.43. The third kappa shape index (κ3) is 2.67. The van der Waals surface area contributed by atoms with Crippen LogP contribution in [-0.2, 0) is 0 Å². The molecule has 0 N–H and O–H groups in total. The lowest BCUT2D eigenvalue weighted by atomic mass is 9.73. The van der Waals surface area contributed by atoms with Gasteiger partial charge in [0.15, 0.2) is 5.75 Å². The third-order valence-electron chi connectivity index (χ3n) is 5.78. The van der Waals surface area contributed by atoms with Gasteiger partial charge in [-0.1, -0.05) is 0 Å². The summed E-state index contributed by atoms with van der Waals surface area (Å²) in [6.07, 6.45) is 3.44. The SMILES string of the molecule is CC1COc2c(ccc(F)c2C#N)N1C(=O)N1CC2(C1)CN(c1ncccn1)C2. The van der Waals surface area contributed by atoms with Crippen molar-refractivity contribution in [1.82, 2.24) is 14.9 Å². The molecule has 3 aliphatic heterocycles. The first-order valence-electron chi connectivity index (χ1n) is 9.47. The fourth-order valence-corrected chi connectivity index (χ4v) is 4.41. The summed E-state index contributed by atoms with van der Waals surface area (Å²) in [6, 6.07) is 5.99. The van der Waals surface area contributed by atoms with Crippen molar-refractivity contribution in [2.24, 2.45) is 5.41 Å². The number of urea groups is 1. The molecule has 29 heavy (non-hydrogen) atoms. The van der Waals surface area contributed by atoms with Gasteiger partial charge in [-0.3, -0.25) is 4.90 Å². The van der Waals surface area contributed by atoms with Crippen LogP contribution in [0.2, 0.25) is 0 Å². The van der Waals surface area contributed by atoms with E-state index < -0.39 is 5.82 Å². The second-order valence-electron chi connectivity index (χ2n) is 7.96. The standard InChI is InChI=1S/C20H19FN6O2/c1-13-8-29-17-14(7-22)15(21)3-4-16(17)27(13)19(28)26-11-20(12-26)9-25(10-20)18-23-5-2-6-24-18/h2-6,13H,8-12H2,1H3. The number of likely N-dealkylation sites (tertiary alicyclic amines) is 1. The van der Waals surface area contributed by atoms with Gasteiger partial charge >= 0.3 is 6.03 Å². The normalized spacial score (nSPS) is 21.6. The number of rotatable bonds is 1. The molecule has 2 aromatic rings. The van der Waals surface area contributed by atoms with Crippen LogP contribution in [-0.4, -0.2) is 59.7 Å². The Bertz CT molecular complexity index is 1010. The number of nitriles is 1. The molecule has 1 unspecified atom stereocenters. The summed E-state index contributed by atoms with van der Waals surface area (Å²) in [6.45, 7) is 5.04. The number of carbonyl (C=O) groups excluding carboxylic acids is 1. The zero-order valence-corrected chi connectivity index (χ0v) is 15.9. The molecule has 2 saturated heterocycles. The fourth-order valence-electron chi connectivity index (χ4n) is 4.41. The number of hydrogen-bond acceptors (Lipinski definition) is 6. The molecule has 3 aliphatic rings. The average molecular weight is 394 g/mol. The molecule has 0 radical (unpaired) electrons. The molecule has 5 rings (SSSR count). The minimum Gasteiger partial charge on any atom is -0.488 e. The number of fused-ring (bicyclic) bond motifs is 1. The van der Waals surface area contributed by atoms with Crippen molar-refractivity contribution in [1.29, 1.82) is 5.26 Å². The summed E-state index contributed by atoms with van der Waals surface area (Å²) in [7, 11) is 0. The zero-order valence-electron chi connectivity index (χ0n) is 15.9. The van der Waals surface area contributed by atoms with Crippen LogP contribution in [0.25, 0.3) is 0 Å². The van der Waals surface area contributed by atoms with E-state index in [0.717, 1.165) is 13.1 Å². The maximum absolute atomic E-state index is 13.9. The van der Waals surface area contributed by atoms with Crippen LogP contribution in [0.3, 0.4) is 0 Å². The summed E-state index contributed by atoms with van der Waals surface area (Å²) in [4.78, 5) is 27.2. The van der Waals surface area contributed by atoms with E-state index >= 15 is 0 Å². The summed E-state index contributed by atoms with van der Waals surface area (Å²) in [5.41, 5.74) is 0.360. The molecule has 1 atom stereocenters. The minimum absolute atomic E-state index is 0.0772. The second kappa shape index (κ2) is 6.30. The predicted molar refractivity (Wildman–Crippen MR) is 102 cm³/mol. The number of benzene rings is 1. The number of hydrogen-bond donors (Lipinski definition) is 0. The molecular formula is C20H19FN6O2. The first kappa shape index (κ1) is 17.7. The van der Waals surface area contributed by atoms with Crippen LogP contribution in [0.1, 0.15) is 12.5 Å². The highest BCUT2D eigenvalue weighted by atomic mass is 19.1. The van der Waals surface area contributed by atoms with Gasteiger partial charge in [-0.15, -0.1) is 0 Å². The maximum Gasteiger partial charge on any atom is 0.325 e. The average Bonchev–Trinajstić information content (AvgIpc) is 2.66. The van der Waals surface area contributed by atoms with Gasteiger partial charge in [-0.2, -0.15) is 5.26 Å². The van der Waals surface area contributed by atoms with Crippen LogP contribution in [0, 0.1) is 22.6 Å². The third-order valence-corrected chi connectivity index (χ3v) is 5.78. The Balaban J connectivity index is 1.30. The number of halogens is 1. The summed E-state index contributed by atoms with van der Waals surface area (Å²) < 4.78 is 19.5. The van der Waals surface area contributed by atoms with E-state index in [1.54, 1.807) is 28.3 Å². The van der Waals surface area contributed by atoms with Crippen molar-refractivity contribution >= 4 is 17.7 Å². The summed E-state index contributed by atoms with van der Waals surface area (Å²) in [5.74, 6) is 0.212. The number of nitrogens with zero attached hydrogens (tertiary/aromatic N) is 6. The molecule has 0 saturated carbocycles. The van der Waals surface area contributed by atoms with Gasteiger partial charge in [0.2, 0.25) is 5.95 Å². The Hall–Kier alpha value is -3.41.